The van der Waals surface area contributed by atoms with Crippen LogP contribution in [0.25, 0.3) is 0 Å². The molecule has 3 aromatic carbocycles. The van der Waals surface area contributed by atoms with E-state index in [0.29, 0.717) is 17.1 Å². The number of hydrogen-bond acceptors (Lipinski definition) is 8. The largest absolute Gasteiger partial charge is 0.482 e. The predicted octanol–water partition coefficient (Wildman–Crippen LogP) is 4.11. The molecule has 9 heteroatoms. The normalized spacial score (nSPS) is 14.4. The molecule has 1 heterocycles. The average Bonchev–Trinajstić information content (AvgIpc) is 2.82. The lowest BCUT2D eigenvalue weighted by atomic mass is 9.83. The second-order valence-electron chi connectivity index (χ2n) is 7.55. The molecule has 0 saturated carbocycles. The van der Waals surface area contributed by atoms with Crippen LogP contribution < -0.4 is 19.9 Å². The van der Waals surface area contributed by atoms with Gasteiger partial charge in [0, 0.05) is 23.8 Å². The van der Waals surface area contributed by atoms with E-state index in [1.165, 1.54) is 30.3 Å². The van der Waals surface area contributed by atoms with E-state index < -0.39 is 23.4 Å². The van der Waals surface area contributed by atoms with E-state index in [2.05, 4.69) is 6.07 Å². The molecule has 0 saturated heterocycles. The van der Waals surface area contributed by atoms with Gasteiger partial charge in [-0.2, -0.15) is 5.26 Å². The lowest BCUT2D eigenvalue weighted by Gasteiger charge is -2.26. The number of non-ortho nitro benzene ring substituents is 1. The van der Waals surface area contributed by atoms with Crippen LogP contribution in [0, 0.1) is 28.4 Å². The maximum atomic E-state index is 12.2. The fraction of sp³-hybridized carbons (Fsp3) is 0.120. The maximum Gasteiger partial charge on any atom is 0.349 e. The SMILES string of the molecule is Cc1ccc(C2C(C#N)=C(N)Oc3cc(OC(=O)COc4ccc([N+](=O)[O-])cc4)ccc32)cc1. The van der Waals surface area contributed by atoms with Gasteiger partial charge < -0.3 is 19.9 Å². The summed E-state index contributed by atoms with van der Waals surface area (Å²) >= 11 is 0. The van der Waals surface area contributed by atoms with Crippen molar-refractivity contribution in [3.63, 3.8) is 0 Å². The lowest BCUT2D eigenvalue weighted by Crippen LogP contribution is -2.21. The summed E-state index contributed by atoms with van der Waals surface area (Å²) in [5, 5.41) is 20.4. The zero-order valence-corrected chi connectivity index (χ0v) is 18.1. The fourth-order valence-corrected chi connectivity index (χ4v) is 3.57. The maximum absolute atomic E-state index is 12.2. The van der Waals surface area contributed by atoms with Crippen LogP contribution in [0.4, 0.5) is 5.69 Å². The highest BCUT2D eigenvalue weighted by molar-refractivity contribution is 5.74. The van der Waals surface area contributed by atoms with Gasteiger partial charge >= 0.3 is 5.97 Å². The van der Waals surface area contributed by atoms with Crippen LogP contribution in [0.2, 0.25) is 0 Å². The Kier molecular flexibility index (Phi) is 6.14. The molecule has 2 N–H and O–H groups in total. The number of benzene rings is 3. The predicted molar refractivity (Wildman–Crippen MR) is 121 cm³/mol. The number of nitriles is 1. The topological polar surface area (TPSA) is 138 Å². The second-order valence-corrected chi connectivity index (χ2v) is 7.55. The summed E-state index contributed by atoms with van der Waals surface area (Å²) in [6.45, 7) is 1.57. The number of hydrogen-bond donors (Lipinski definition) is 1. The Morgan fingerprint density at radius 1 is 1.12 bits per heavy atom. The van der Waals surface area contributed by atoms with E-state index in [1.54, 1.807) is 12.1 Å². The number of carbonyl (C=O) groups excluding carboxylic acids is 1. The van der Waals surface area contributed by atoms with E-state index >= 15 is 0 Å². The zero-order valence-electron chi connectivity index (χ0n) is 18.1. The molecule has 1 aliphatic heterocycles. The standard InChI is InChI=1S/C25H19N3O6/c1-15-2-4-16(5-3-15)24-20-11-10-19(12-22(20)34-25(27)21(24)13-26)33-23(29)14-32-18-8-6-17(7-9-18)28(30)31/h2-12,24H,14,27H2,1H3. The Hall–Kier alpha value is -4.84. The zero-order chi connectivity index (χ0) is 24.2. The minimum absolute atomic E-state index is 0.00874. The number of nitro benzene ring substituents is 1. The third-order valence-electron chi connectivity index (χ3n) is 5.24. The van der Waals surface area contributed by atoms with Crippen LogP contribution in [0.15, 0.2) is 78.2 Å². The molecular weight excluding hydrogens is 438 g/mol. The Labute approximate surface area is 194 Å². The summed E-state index contributed by atoms with van der Waals surface area (Å²) in [5.74, 6) is -0.213. The number of ether oxygens (including phenoxy) is 3. The second kappa shape index (κ2) is 9.34. The van der Waals surface area contributed by atoms with Gasteiger partial charge in [0.15, 0.2) is 6.61 Å². The molecule has 0 radical (unpaired) electrons. The first-order chi connectivity index (χ1) is 16.4. The first kappa shape index (κ1) is 22.4. The summed E-state index contributed by atoms with van der Waals surface area (Å²) in [4.78, 5) is 22.4. The number of nitrogens with zero attached hydrogens (tertiary/aromatic N) is 2. The van der Waals surface area contributed by atoms with Crippen molar-refractivity contribution in [1.29, 1.82) is 5.26 Å². The van der Waals surface area contributed by atoms with Crippen molar-refractivity contribution >= 4 is 11.7 Å². The monoisotopic (exact) mass is 457 g/mol. The molecule has 3 aromatic rings. The number of allylic oxidation sites excluding steroid dienone is 1. The summed E-state index contributed by atoms with van der Waals surface area (Å²) in [5.41, 5.74) is 8.93. The van der Waals surface area contributed by atoms with Gasteiger partial charge in [0.2, 0.25) is 5.88 Å². The lowest BCUT2D eigenvalue weighted by molar-refractivity contribution is -0.384. The molecular formula is C25H19N3O6. The van der Waals surface area contributed by atoms with E-state index in [9.17, 15) is 20.2 Å². The summed E-state index contributed by atoms with van der Waals surface area (Å²) in [6, 6.07) is 20.1. The first-order valence-corrected chi connectivity index (χ1v) is 10.2. The van der Waals surface area contributed by atoms with Gasteiger partial charge in [-0.05, 0) is 30.7 Å². The third-order valence-corrected chi connectivity index (χ3v) is 5.24. The van der Waals surface area contributed by atoms with Gasteiger partial charge in [-0.25, -0.2) is 4.79 Å². The molecule has 34 heavy (non-hydrogen) atoms. The van der Waals surface area contributed by atoms with E-state index in [-0.39, 0.29) is 17.3 Å². The van der Waals surface area contributed by atoms with E-state index in [1.807, 2.05) is 31.2 Å². The molecule has 170 valence electrons. The van der Waals surface area contributed by atoms with Crippen molar-refractivity contribution in [3.05, 3.63) is 105 Å². The van der Waals surface area contributed by atoms with Gasteiger partial charge in [-0.3, -0.25) is 10.1 Å². The summed E-state index contributed by atoms with van der Waals surface area (Å²) < 4.78 is 16.3. The summed E-state index contributed by atoms with van der Waals surface area (Å²) in [6.07, 6.45) is 0. The fourth-order valence-electron chi connectivity index (χ4n) is 3.57. The van der Waals surface area contributed by atoms with Gasteiger partial charge in [0.1, 0.15) is 28.9 Å². The molecule has 0 amide bonds. The highest BCUT2D eigenvalue weighted by atomic mass is 16.6. The molecule has 1 aliphatic rings. The van der Waals surface area contributed by atoms with Gasteiger partial charge in [-0.15, -0.1) is 0 Å². The van der Waals surface area contributed by atoms with Crippen molar-refractivity contribution in [2.24, 2.45) is 5.73 Å². The molecule has 1 atom stereocenters. The number of rotatable bonds is 6. The molecule has 4 rings (SSSR count). The Morgan fingerprint density at radius 2 is 1.79 bits per heavy atom. The van der Waals surface area contributed by atoms with Crippen LogP contribution in [0.1, 0.15) is 22.6 Å². The Morgan fingerprint density at radius 3 is 2.44 bits per heavy atom. The van der Waals surface area contributed by atoms with Crippen LogP contribution >= 0.6 is 0 Å². The highest BCUT2D eigenvalue weighted by Crippen LogP contribution is 2.43. The van der Waals surface area contributed by atoms with Crippen LogP contribution in [0.5, 0.6) is 17.2 Å². The van der Waals surface area contributed by atoms with Crippen molar-refractivity contribution in [2.75, 3.05) is 6.61 Å². The first-order valence-electron chi connectivity index (χ1n) is 10.2. The minimum atomic E-state index is -0.676. The molecule has 0 bridgehead atoms. The van der Waals surface area contributed by atoms with Crippen molar-refractivity contribution < 1.29 is 23.9 Å². The van der Waals surface area contributed by atoms with Crippen LogP contribution in [0.3, 0.4) is 0 Å². The molecule has 1 unspecified atom stereocenters. The molecule has 0 aromatic heterocycles. The minimum Gasteiger partial charge on any atom is -0.482 e. The summed E-state index contributed by atoms with van der Waals surface area (Å²) in [7, 11) is 0. The van der Waals surface area contributed by atoms with Crippen molar-refractivity contribution in [2.45, 2.75) is 12.8 Å². The van der Waals surface area contributed by atoms with Crippen molar-refractivity contribution in [1.82, 2.24) is 0 Å². The van der Waals surface area contributed by atoms with E-state index in [4.69, 9.17) is 19.9 Å². The smallest absolute Gasteiger partial charge is 0.349 e. The van der Waals surface area contributed by atoms with E-state index in [0.717, 1.165) is 16.7 Å². The van der Waals surface area contributed by atoms with Crippen molar-refractivity contribution in [3.8, 4) is 23.3 Å². The molecule has 9 nitrogen and oxygen atoms in total. The Balaban J connectivity index is 1.49. The van der Waals surface area contributed by atoms with Gasteiger partial charge in [0.25, 0.3) is 5.69 Å². The number of nitrogens with two attached hydrogens (primary N) is 1. The highest BCUT2D eigenvalue weighted by Gasteiger charge is 2.31. The van der Waals surface area contributed by atoms with Crippen LogP contribution in [-0.2, 0) is 4.79 Å². The quantitative estimate of drug-likeness (QED) is 0.253. The number of esters is 1. The number of nitro groups is 1. The number of aryl methyl sites for hydroxylation is 1. The third kappa shape index (κ3) is 4.66. The number of fused-ring (bicyclic) bond motifs is 1. The molecule has 0 fully saturated rings. The molecule has 0 aliphatic carbocycles. The average molecular weight is 457 g/mol. The number of carbonyl (C=O) groups is 1. The van der Waals surface area contributed by atoms with Gasteiger partial charge in [0.05, 0.1) is 10.8 Å². The Bertz CT molecular complexity index is 1320. The van der Waals surface area contributed by atoms with Gasteiger partial charge in [-0.1, -0.05) is 35.9 Å². The molecule has 0 spiro atoms. The van der Waals surface area contributed by atoms with Crippen LogP contribution in [-0.4, -0.2) is 17.5 Å².